The van der Waals surface area contributed by atoms with E-state index in [1.54, 1.807) is 25.3 Å². The van der Waals surface area contributed by atoms with Crippen molar-refractivity contribution in [3.8, 4) is 5.69 Å². The van der Waals surface area contributed by atoms with Crippen LogP contribution in [0.25, 0.3) is 26.9 Å². The molecule has 2 aromatic carbocycles. The molecular formula is C23H22F3N3O3S. The zero-order chi connectivity index (χ0) is 23.8. The van der Waals surface area contributed by atoms with E-state index in [1.807, 2.05) is 11.5 Å². The van der Waals surface area contributed by atoms with E-state index < -0.39 is 17.8 Å². The first-order valence-electron chi connectivity index (χ1n) is 10.2. The molecule has 6 nitrogen and oxygen atoms in total. The first kappa shape index (κ1) is 23.2. The monoisotopic (exact) mass is 477 g/mol. The highest BCUT2D eigenvalue weighted by atomic mass is 32.1. The number of ether oxygens (including phenoxy) is 1. The number of carbonyl (C=O) groups is 1. The zero-order valence-electron chi connectivity index (χ0n) is 17.9. The van der Waals surface area contributed by atoms with E-state index >= 15 is 0 Å². The van der Waals surface area contributed by atoms with Crippen LogP contribution in [0, 0.1) is 6.92 Å². The summed E-state index contributed by atoms with van der Waals surface area (Å²) < 4.78 is 45.9. The van der Waals surface area contributed by atoms with Crippen LogP contribution in [0.5, 0.6) is 0 Å². The molecule has 0 saturated heterocycles. The number of rotatable bonds is 7. The van der Waals surface area contributed by atoms with Gasteiger partial charge in [0.1, 0.15) is 10.3 Å². The number of hydrogen-bond acceptors (Lipinski definition) is 5. The summed E-state index contributed by atoms with van der Waals surface area (Å²) in [4.78, 5) is 18.2. The van der Waals surface area contributed by atoms with Gasteiger partial charge < -0.3 is 15.2 Å². The number of benzene rings is 2. The van der Waals surface area contributed by atoms with E-state index in [9.17, 15) is 23.1 Å². The van der Waals surface area contributed by atoms with Crippen molar-refractivity contribution in [2.24, 2.45) is 0 Å². The lowest BCUT2D eigenvalue weighted by Gasteiger charge is -2.16. The summed E-state index contributed by atoms with van der Waals surface area (Å²) in [6.45, 7) is 2.04. The number of amides is 1. The average Bonchev–Trinajstić information content (AvgIpc) is 3.30. The van der Waals surface area contributed by atoms with Crippen LogP contribution in [0.4, 0.5) is 13.2 Å². The standard InChI is InChI=1S/C23H22F3N3O3S/c1-13-27-20-18-11-14(21(31)28-16(12-30)9-10-32-2)3-8-19(18)29(22(20)33-13)17-6-4-15(5-7-17)23(24,25)26/h3-8,11,16,30H,9-10,12H2,1-2H3,(H,28,31). The van der Waals surface area contributed by atoms with E-state index in [0.717, 1.165) is 32.9 Å². The second-order valence-electron chi connectivity index (χ2n) is 7.63. The first-order valence-corrected chi connectivity index (χ1v) is 11.0. The van der Waals surface area contributed by atoms with Crippen molar-refractivity contribution in [3.63, 3.8) is 0 Å². The van der Waals surface area contributed by atoms with Gasteiger partial charge in [-0.1, -0.05) is 0 Å². The molecule has 0 aliphatic carbocycles. The fourth-order valence-electron chi connectivity index (χ4n) is 3.71. The lowest BCUT2D eigenvalue weighted by Crippen LogP contribution is -2.38. The highest BCUT2D eigenvalue weighted by Gasteiger charge is 2.30. The summed E-state index contributed by atoms with van der Waals surface area (Å²) in [6.07, 6.45) is -3.94. The van der Waals surface area contributed by atoms with Crippen LogP contribution < -0.4 is 5.32 Å². The number of hydrogen-bond donors (Lipinski definition) is 2. The second-order valence-corrected chi connectivity index (χ2v) is 8.81. The molecule has 4 aromatic rings. The quantitative estimate of drug-likeness (QED) is 0.405. The molecule has 1 atom stereocenters. The van der Waals surface area contributed by atoms with Gasteiger partial charge in [0.05, 0.1) is 28.7 Å². The van der Waals surface area contributed by atoms with Gasteiger partial charge in [0.25, 0.3) is 5.91 Å². The Morgan fingerprint density at radius 1 is 1.24 bits per heavy atom. The third kappa shape index (κ3) is 4.59. The Balaban J connectivity index is 1.76. The van der Waals surface area contributed by atoms with Gasteiger partial charge in [0, 0.05) is 30.4 Å². The number of aliphatic hydroxyl groups is 1. The number of methoxy groups -OCH3 is 1. The van der Waals surface area contributed by atoms with Crippen LogP contribution in [-0.4, -0.2) is 46.9 Å². The number of nitrogens with zero attached hydrogens (tertiary/aromatic N) is 2. The summed E-state index contributed by atoms with van der Waals surface area (Å²) in [5.41, 5.74) is 1.67. The van der Waals surface area contributed by atoms with Crippen LogP contribution in [-0.2, 0) is 10.9 Å². The number of aliphatic hydroxyl groups excluding tert-OH is 1. The average molecular weight is 478 g/mol. The fourth-order valence-corrected chi connectivity index (χ4v) is 4.67. The molecule has 0 aliphatic heterocycles. The van der Waals surface area contributed by atoms with Crippen molar-refractivity contribution in [1.82, 2.24) is 14.9 Å². The van der Waals surface area contributed by atoms with E-state index in [-0.39, 0.29) is 12.5 Å². The van der Waals surface area contributed by atoms with Crippen molar-refractivity contribution < 1.29 is 27.8 Å². The summed E-state index contributed by atoms with van der Waals surface area (Å²) in [7, 11) is 1.55. The summed E-state index contributed by atoms with van der Waals surface area (Å²) >= 11 is 1.43. The van der Waals surface area contributed by atoms with Gasteiger partial charge >= 0.3 is 6.18 Å². The van der Waals surface area contributed by atoms with Crippen LogP contribution >= 0.6 is 11.3 Å². The molecule has 174 valence electrons. The molecule has 0 aliphatic rings. The van der Waals surface area contributed by atoms with Crippen molar-refractivity contribution in [3.05, 3.63) is 58.6 Å². The number of alkyl halides is 3. The van der Waals surface area contributed by atoms with E-state index in [0.29, 0.717) is 29.8 Å². The van der Waals surface area contributed by atoms with Gasteiger partial charge in [-0.15, -0.1) is 11.3 Å². The molecule has 1 amide bonds. The van der Waals surface area contributed by atoms with E-state index in [1.165, 1.54) is 23.5 Å². The summed E-state index contributed by atoms with van der Waals surface area (Å²) in [5, 5.41) is 13.8. The third-order valence-corrected chi connectivity index (χ3v) is 6.31. The number of aromatic nitrogens is 2. The fraction of sp³-hybridized carbons (Fsp3) is 0.304. The first-order chi connectivity index (χ1) is 15.7. The summed E-state index contributed by atoms with van der Waals surface area (Å²) in [6, 6.07) is 9.66. The molecule has 0 bridgehead atoms. The minimum absolute atomic E-state index is 0.211. The normalized spacial score (nSPS) is 13.0. The van der Waals surface area contributed by atoms with Crippen LogP contribution in [0.3, 0.4) is 0 Å². The molecular weight excluding hydrogens is 455 g/mol. The second kappa shape index (κ2) is 9.12. The Labute approximate surface area is 191 Å². The van der Waals surface area contributed by atoms with Gasteiger partial charge in [-0.25, -0.2) is 4.98 Å². The molecule has 0 fully saturated rings. The Hall–Kier alpha value is -2.95. The molecule has 2 N–H and O–H groups in total. The maximum Gasteiger partial charge on any atom is 0.416 e. The van der Waals surface area contributed by atoms with Crippen molar-refractivity contribution in [1.29, 1.82) is 0 Å². The predicted molar refractivity (Wildman–Crippen MR) is 121 cm³/mol. The Morgan fingerprint density at radius 2 is 1.97 bits per heavy atom. The molecule has 4 rings (SSSR count). The van der Waals surface area contributed by atoms with Crippen LogP contribution in [0.2, 0.25) is 0 Å². The van der Waals surface area contributed by atoms with Crippen molar-refractivity contribution in [2.75, 3.05) is 20.3 Å². The Morgan fingerprint density at radius 3 is 2.61 bits per heavy atom. The maximum absolute atomic E-state index is 13.0. The minimum atomic E-state index is -4.41. The number of aryl methyl sites for hydroxylation is 1. The molecule has 33 heavy (non-hydrogen) atoms. The van der Waals surface area contributed by atoms with Gasteiger partial charge in [0.2, 0.25) is 0 Å². The molecule has 0 radical (unpaired) electrons. The smallest absolute Gasteiger partial charge is 0.394 e. The van der Waals surface area contributed by atoms with Crippen LogP contribution in [0.15, 0.2) is 42.5 Å². The van der Waals surface area contributed by atoms with Crippen molar-refractivity contribution in [2.45, 2.75) is 25.6 Å². The third-order valence-electron chi connectivity index (χ3n) is 5.35. The van der Waals surface area contributed by atoms with E-state index in [4.69, 9.17) is 4.74 Å². The van der Waals surface area contributed by atoms with Gasteiger partial charge in [-0.05, 0) is 55.8 Å². The number of nitrogens with one attached hydrogen (secondary N) is 1. The lowest BCUT2D eigenvalue weighted by atomic mass is 10.1. The van der Waals surface area contributed by atoms with Crippen LogP contribution in [0.1, 0.15) is 27.3 Å². The van der Waals surface area contributed by atoms with Gasteiger partial charge in [-0.2, -0.15) is 13.2 Å². The number of fused-ring (bicyclic) bond motifs is 3. The Bertz CT molecular complexity index is 1300. The number of carbonyl (C=O) groups excluding carboxylic acids is 1. The summed E-state index contributed by atoms with van der Waals surface area (Å²) in [5.74, 6) is -0.338. The maximum atomic E-state index is 13.0. The molecule has 0 spiro atoms. The molecule has 2 heterocycles. The van der Waals surface area contributed by atoms with Gasteiger partial charge in [0.15, 0.2) is 0 Å². The number of halogens is 3. The van der Waals surface area contributed by atoms with E-state index in [2.05, 4.69) is 10.3 Å². The largest absolute Gasteiger partial charge is 0.416 e. The van der Waals surface area contributed by atoms with Gasteiger partial charge in [-0.3, -0.25) is 9.36 Å². The highest BCUT2D eigenvalue weighted by Crippen LogP contribution is 2.36. The minimum Gasteiger partial charge on any atom is -0.394 e. The molecule has 1 unspecified atom stereocenters. The molecule has 2 aromatic heterocycles. The van der Waals surface area contributed by atoms with Crippen molar-refractivity contribution >= 4 is 38.5 Å². The highest BCUT2D eigenvalue weighted by molar-refractivity contribution is 7.18. The topological polar surface area (TPSA) is 76.4 Å². The number of thiazole rings is 1. The molecule has 10 heteroatoms. The Kier molecular flexibility index (Phi) is 6.42. The molecule has 0 saturated carbocycles. The SMILES string of the molecule is COCCC(CO)NC(=O)c1ccc2c(c1)c1nc(C)sc1n2-c1ccc(C(F)(F)F)cc1. The lowest BCUT2D eigenvalue weighted by molar-refractivity contribution is -0.137. The zero-order valence-corrected chi connectivity index (χ0v) is 18.8. The predicted octanol–water partition coefficient (Wildman–Crippen LogP) is 4.69.